The Bertz CT molecular complexity index is 355. The highest BCUT2D eigenvalue weighted by atomic mass is 15.3. The summed E-state index contributed by atoms with van der Waals surface area (Å²) >= 11 is 0. The average Bonchev–Trinajstić information content (AvgIpc) is 2.52. The highest BCUT2D eigenvalue weighted by molar-refractivity contribution is 5.65. The minimum atomic E-state index is 0.624. The van der Waals surface area contributed by atoms with Gasteiger partial charge in [0.2, 0.25) is 0 Å². The zero-order chi connectivity index (χ0) is 13.0. The zero-order valence-electron chi connectivity index (χ0n) is 11.7. The fraction of sp³-hybridized carbons (Fsp3) is 0.769. The minimum absolute atomic E-state index is 0.624. The van der Waals surface area contributed by atoms with Crippen LogP contribution in [0, 0.1) is 11.8 Å². The van der Waals surface area contributed by atoms with Gasteiger partial charge < -0.3 is 11.1 Å². The summed E-state index contributed by atoms with van der Waals surface area (Å²) in [5.41, 5.74) is 7.93. The molecule has 1 rings (SSSR count). The van der Waals surface area contributed by atoms with Gasteiger partial charge in [-0.05, 0) is 18.3 Å². The topological polar surface area (TPSA) is 55.9 Å². The molecule has 1 atom stereocenters. The Labute approximate surface area is 105 Å². The van der Waals surface area contributed by atoms with E-state index in [4.69, 9.17) is 5.73 Å². The van der Waals surface area contributed by atoms with E-state index in [9.17, 15) is 0 Å². The first kappa shape index (κ1) is 13.9. The highest BCUT2D eigenvalue weighted by Gasteiger charge is 2.14. The SMILES string of the molecule is CCCc1nn(C)c(NCC(C)C(C)C)c1N. The van der Waals surface area contributed by atoms with Crippen LogP contribution >= 0.6 is 0 Å². The van der Waals surface area contributed by atoms with Gasteiger partial charge in [0.15, 0.2) is 0 Å². The van der Waals surface area contributed by atoms with Crippen molar-refractivity contribution in [3.8, 4) is 0 Å². The molecule has 0 amide bonds. The summed E-state index contributed by atoms with van der Waals surface area (Å²) in [5, 5.41) is 7.87. The maximum absolute atomic E-state index is 6.11. The Morgan fingerprint density at radius 3 is 2.53 bits per heavy atom. The normalized spacial score (nSPS) is 13.1. The molecule has 0 aromatic carbocycles. The van der Waals surface area contributed by atoms with Gasteiger partial charge in [0.25, 0.3) is 0 Å². The maximum Gasteiger partial charge on any atom is 0.147 e. The summed E-state index contributed by atoms with van der Waals surface area (Å²) < 4.78 is 1.85. The number of hydrogen-bond donors (Lipinski definition) is 2. The molecule has 0 fully saturated rings. The molecule has 0 saturated heterocycles. The third-order valence-electron chi connectivity index (χ3n) is 3.38. The van der Waals surface area contributed by atoms with Gasteiger partial charge in [0, 0.05) is 13.6 Å². The van der Waals surface area contributed by atoms with Gasteiger partial charge in [0.1, 0.15) is 5.82 Å². The van der Waals surface area contributed by atoms with Crippen molar-refractivity contribution in [1.29, 1.82) is 0 Å². The molecule has 0 spiro atoms. The first-order valence-corrected chi connectivity index (χ1v) is 6.52. The molecule has 3 N–H and O–H groups in total. The van der Waals surface area contributed by atoms with Crippen molar-refractivity contribution in [2.24, 2.45) is 18.9 Å². The Morgan fingerprint density at radius 1 is 1.35 bits per heavy atom. The monoisotopic (exact) mass is 238 g/mol. The lowest BCUT2D eigenvalue weighted by Gasteiger charge is -2.17. The molecule has 0 saturated carbocycles. The molecule has 0 aliphatic rings. The summed E-state index contributed by atoms with van der Waals surface area (Å²) in [6.45, 7) is 9.80. The van der Waals surface area contributed by atoms with Crippen LogP contribution in [0.1, 0.15) is 39.8 Å². The zero-order valence-corrected chi connectivity index (χ0v) is 11.7. The largest absolute Gasteiger partial charge is 0.394 e. The summed E-state index contributed by atoms with van der Waals surface area (Å²) in [6.07, 6.45) is 2.02. The number of anilines is 2. The van der Waals surface area contributed by atoms with Crippen molar-refractivity contribution in [2.75, 3.05) is 17.6 Å². The van der Waals surface area contributed by atoms with E-state index in [1.165, 1.54) is 0 Å². The highest BCUT2D eigenvalue weighted by Crippen LogP contribution is 2.23. The standard InChI is InChI=1S/C13H26N4/c1-6-7-11-12(14)13(17(5)16-11)15-8-10(4)9(2)3/h9-10,15H,6-8,14H2,1-5H3. The summed E-state index contributed by atoms with van der Waals surface area (Å²) in [4.78, 5) is 0. The number of rotatable bonds is 6. The van der Waals surface area contributed by atoms with Crippen LogP contribution in [-0.4, -0.2) is 16.3 Å². The molecule has 1 unspecified atom stereocenters. The molecule has 0 bridgehead atoms. The van der Waals surface area contributed by atoms with Crippen molar-refractivity contribution in [3.63, 3.8) is 0 Å². The van der Waals surface area contributed by atoms with Crippen molar-refractivity contribution in [1.82, 2.24) is 9.78 Å². The van der Waals surface area contributed by atoms with E-state index in [1.807, 2.05) is 11.7 Å². The van der Waals surface area contributed by atoms with E-state index in [1.54, 1.807) is 0 Å². The summed E-state index contributed by atoms with van der Waals surface area (Å²) in [6, 6.07) is 0. The molecule has 0 aliphatic heterocycles. The second-order valence-electron chi connectivity index (χ2n) is 5.18. The Morgan fingerprint density at radius 2 is 2.00 bits per heavy atom. The van der Waals surface area contributed by atoms with Crippen LogP contribution in [-0.2, 0) is 13.5 Å². The van der Waals surface area contributed by atoms with E-state index in [0.29, 0.717) is 11.8 Å². The second-order valence-corrected chi connectivity index (χ2v) is 5.18. The van der Waals surface area contributed by atoms with E-state index in [-0.39, 0.29) is 0 Å². The number of nitrogens with zero attached hydrogens (tertiary/aromatic N) is 2. The van der Waals surface area contributed by atoms with Crippen LogP contribution in [0.3, 0.4) is 0 Å². The third-order valence-corrected chi connectivity index (χ3v) is 3.38. The van der Waals surface area contributed by atoms with Crippen LogP contribution in [0.2, 0.25) is 0 Å². The number of nitrogens with two attached hydrogens (primary N) is 1. The Kier molecular flexibility index (Phi) is 4.85. The van der Waals surface area contributed by atoms with Crippen LogP contribution in [0.5, 0.6) is 0 Å². The molecule has 0 radical (unpaired) electrons. The van der Waals surface area contributed by atoms with Gasteiger partial charge in [-0.15, -0.1) is 0 Å². The number of nitrogen functional groups attached to an aromatic ring is 1. The predicted molar refractivity (Wildman–Crippen MR) is 74.1 cm³/mol. The third kappa shape index (κ3) is 3.38. The van der Waals surface area contributed by atoms with Crippen molar-refractivity contribution in [2.45, 2.75) is 40.5 Å². The molecule has 1 aromatic rings. The molecule has 1 heterocycles. The van der Waals surface area contributed by atoms with E-state index >= 15 is 0 Å². The van der Waals surface area contributed by atoms with Gasteiger partial charge in [0.05, 0.1) is 11.4 Å². The van der Waals surface area contributed by atoms with Gasteiger partial charge in [-0.3, -0.25) is 4.68 Å². The molecular weight excluding hydrogens is 212 g/mol. The maximum atomic E-state index is 6.11. The van der Waals surface area contributed by atoms with Gasteiger partial charge in [-0.1, -0.05) is 34.1 Å². The molecule has 1 aromatic heterocycles. The van der Waals surface area contributed by atoms with Crippen LogP contribution in [0.25, 0.3) is 0 Å². The summed E-state index contributed by atoms with van der Waals surface area (Å²) in [5.74, 6) is 2.26. The molecule has 98 valence electrons. The fourth-order valence-corrected chi connectivity index (χ4v) is 1.72. The number of nitrogens with one attached hydrogen (secondary N) is 1. The smallest absolute Gasteiger partial charge is 0.147 e. The predicted octanol–water partition coefficient (Wildman–Crippen LogP) is 2.66. The first-order valence-electron chi connectivity index (χ1n) is 6.52. The van der Waals surface area contributed by atoms with E-state index in [2.05, 4.69) is 38.1 Å². The summed E-state index contributed by atoms with van der Waals surface area (Å²) in [7, 11) is 1.94. The van der Waals surface area contributed by atoms with Gasteiger partial charge in [-0.25, -0.2) is 0 Å². The Balaban J connectivity index is 2.71. The molecule has 4 heteroatoms. The lowest BCUT2D eigenvalue weighted by molar-refractivity contribution is 0.438. The van der Waals surface area contributed by atoms with Crippen LogP contribution in [0.15, 0.2) is 0 Å². The van der Waals surface area contributed by atoms with Crippen molar-refractivity contribution >= 4 is 11.5 Å². The molecule has 17 heavy (non-hydrogen) atoms. The number of hydrogen-bond acceptors (Lipinski definition) is 3. The van der Waals surface area contributed by atoms with Gasteiger partial charge in [-0.2, -0.15) is 5.10 Å². The Hall–Kier alpha value is -1.19. The number of aromatic nitrogens is 2. The van der Waals surface area contributed by atoms with Gasteiger partial charge >= 0.3 is 0 Å². The number of aryl methyl sites for hydroxylation is 2. The van der Waals surface area contributed by atoms with Crippen molar-refractivity contribution < 1.29 is 0 Å². The van der Waals surface area contributed by atoms with Crippen molar-refractivity contribution in [3.05, 3.63) is 5.69 Å². The lowest BCUT2D eigenvalue weighted by atomic mass is 9.98. The van der Waals surface area contributed by atoms with E-state index in [0.717, 1.165) is 36.6 Å². The van der Waals surface area contributed by atoms with Crippen LogP contribution < -0.4 is 11.1 Å². The first-order chi connectivity index (χ1) is 7.97. The average molecular weight is 238 g/mol. The minimum Gasteiger partial charge on any atom is -0.394 e. The van der Waals surface area contributed by atoms with E-state index < -0.39 is 0 Å². The lowest BCUT2D eigenvalue weighted by Crippen LogP contribution is -2.18. The fourth-order valence-electron chi connectivity index (χ4n) is 1.72. The molecular formula is C13H26N4. The molecule has 0 aliphatic carbocycles. The second kappa shape index (κ2) is 5.94. The molecule has 4 nitrogen and oxygen atoms in total. The quantitative estimate of drug-likeness (QED) is 0.801. The van der Waals surface area contributed by atoms with Crippen LogP contribution in [0.4, 0.5) is 11.5 Å².